The van der Waals surface area contributed by atoms with Gasteiger partial charge in [0.1, 0.15) is 5.75 Å². The van der Waals surface area contributed by atoms with E-state index in [0.29, 0.717) is 42.5 Å². The topological polar surface area (TPSA) is 74.3 Å². The van der Waals surface area contributed by atoms with E-state index in [2.05, 4.69) is 24.0 Å². The highest BCUT2D eigenvalue weighted by Crippen LogP contribution is 2.33. The summed E-state index contributed by atoms with van der Waals surface area (Å²) in [4.78, 5) is 33.6. The minimum atomic E-state index is -0.329. The second-order valence-electron chi connectivity index (χ2n) is 9.00. The molecule has 0 fully saturated rings. The highest BCUT2D eigenvalue weighted by atomic mass is 16.5. The van der Waals surface area contributed by atoms with Crippen LogP contribution in [0.15, 0.2) is 64.2 Å². The number of ether oxygens (including phenoxy) is 1. The molecule has 0 amide bonds. The van der Waals surface area contributed by atoms with Gasteiger partial charge in [0.2, 0.25) is 5.95 Å². The van der Waals surface area contributed by atoms with Crippen LogP contribution in [0.25, 0.3) is 11.2 Å². The zero-order valence-electron chi connectivity index (χ0n) is 19.8. The normalized spacial score (nSPS) is 15.5. The van der Waals surface area contributed by atoms with E-state index in [1.54, 1.807) is 14.2 Å². The molecule has 34 heavy (non-hydrogen) atoms. The molecule has 8 nitrogen and oxygen atoms in total. The van der Waals surface area contributed by atoms with Crippen molar-refractivity contribution in [2.45, 2.75) is 32.9 Å². The van der Waals surface area contributed by atoms with E-state index >= 15 is 0 Å². The summed E-state index contributed by atoms with van der Waals surface area (Å²) in [5.74, 6) is 1.77. The number of hydrogen-bond donors (Lipinski definition) is 0. The molecule has 0 radical (unpaired) electrons. The van der Waals surface area contributed by atoms with Gasteiger partial charge in [0, 0.05) is 32.4 Å². The van der Waals surface area contributed by atoms with Crippen molar-refractivity contribution in [1.29, 1.82) is 0 Å². The fourth-order valence-corrected chi connectivity index (χ4v) is 4.77. The third-order valence-electron chi connectivity index (χ3n) is 6.52. The molecule has 1 aliphatic heterocycles. The van der Waals surface area contributed by atoms with Gasteiger partial charge < -0.3 is 14.2 Å². The summed E-state index contributed by atoms with van der Waals surface area (Å²) < 4.78 is 10.1. The van der Waals surface area contributed by atoms with E-state index in [1.807, 2.05) is 47.0 Å². The van der Waals surface area contributed by atoms with Gasteiger partial charge in [-0.3, -0.25) is 13.9 Å². The Morgan fingerprint density at radius 2 is 1.76 bits per heavy atom. The first-order chi connectivity index (χ1) is 16.5. The Bertz CT molecular complexity index is 1430. The number of nitrogens with zero attached hydrogens (tertiary/aromatic N) is 5. The maximum Gasteiger partial charge on any atom is 0.332 e. The zero-order valence-corrected chi connectivity index (χ0v) is 19.8. The lowest BCUT2D eigenvalue weighted by Gasteiger charge is -2.33. The third-order valence-corrected chi connectivity index (χ3v) is 6.52. The van der Waals surface area contributed by atoms with Crippen LogP contribution < -0.4 is 20.9 Å². The predicted molar refractivity (Wildman–Crippen MR) is 133 cm³/mol. The molecule has 5 rings (SSSR count). The monoisotopic (exact) mass is 459 g/mol. The van der Waals surface area contributed by atoms with E-state index in [9.17, 15) is 9.59 Å². The van der Waals surface area contributed by atoms with Gasteiger partial charge in [0.05, 0.1) is 7.11 Å². The van der Waals surface area contributed by atoms with Crippen LogP contribution in [0.1, 0.15) is 18.9 Å². The van der Waals surface area contributed by atoms with Crippen molar-refractivity contribution in [1.82, 2.24) is 18.7 Å². The Morgan fingerprint density at radius 3 is 2.47 bits per heavy atom. The highest BCUT2D eigenvalue weighted by Gasteiger charge is 2.29. The van der Waals surface area contributed by atoms with Crippen LogP contribution >= 0.6 is 0 Å². The van der Waals surface area contributed by atoms with Crippen molar-refractivity contribution in [2.75, 3.05) is 18.6 Å². The number of anilines is 2. The molecule has 3 heterocycles. The Labute approximate surface area is 197 Å². The fourth-order valence-electron chi connectivity index (χ4n) is 4.77. The molecule has 1 aliphatic rings. The SMILES string of the molecule is COc1ccc(N2C[C@@H](C)Cn3c2nc2c3c(=O)n(CCCc3ccccc3)c(=O)n2C)cc1. The maximum absolute atomic E-state index is 13.6. The van der Waals surface area contributed by atoms with Gasteiger partial charge in [0.25, 0.3) is 5.56 Å². The molecule has 176 valence electrons. The Hall–Kier alpha value is -3.81. The van der Waals surface area contributed by atoms with Crippen molar-refractivity contribution in [3.05, 3.63) is 81.0 Å². The van der Waals surface area contributed by atoms with Crippen molar-refractivity contribution in [2.24, 2.45) is 13.0 Å². The second-order valence-corrected chi connectivity index (χ2v) is 9.00. The summed E-state index contributed by atoms with van der Waals surface area (Å²) >= 11 is 0. The number of fused-ring (bicyclic) bond motifs is 3. The lowest BCUT2D eigenvalue weighted by Crippen LogP contribution is -2.40. The van der Waals surface area contributed by atoms with E-state index in [0.717, 1.165) is 24.4 Å². The van der Waals surface area contributed by atoms with Crippen LogP contribution in [0, 0.1) is 5.92 Å². The van der Waals surface area contributed by atoms with E-state index < -0.39 is 0 Å². The van der Waals surface area contributed by atoms with Crippen LogP contribution in [0.2, 0.25) is 0 Å². The van der Waals surface area contributed by atoms with Crippen LogP contribution in [0.3, 0.4) is 0 Å². The van der Waals surface area contributed by atoms with Gasteiger partial charge in [0.15, 0.2) is 11.2 Å². The van der Waals surface area contributed by atoms with Crippen LogP contribution in [-0.4, -0.2) is 32.3 Å². The van der Waals surface area contributed by atoms with Crippen molar-refractivity contribution >= 4 is 22.8 Å². The van der Waals surface area contributed by atoms with Gasteiger partial charge in [-0.05, 0) is 48.6 Å². The molecule has 0 saturated heterocycles. The summed E-state index contributed by atoms with van der Waals surface area (Å²) in [7, 11) is 3.33. The van der Waals surface area contributed by atoms with Crippen molar-refractivity contribution < 1.29 is 4.74 Å². The summed E-state index contributed by atoms with van der Waals surface area (Å²) in [6.45, 7) is 3.98. The van der Waals surface area contributed by atoms with Crippen molar-refractivity contribution in [3.8, 4) is 5.75 Å². The number of rotatable bonds is 6. The van der Waals surface area contributed by atoms with Gasteiger partial charge in [-0.1, -0.05) is 37.3 Å². The van der Waals surface area contributed by atoms with Crippen LogP contribution in [0.5, 0.6) is 5.75 Å². The number of hydrogen-bond acceptors (Lipinski definition) is 5. The molecule has 4 aromatic rings. The molecular formula is C26H29N5O3. The first-order valence-corrected chi connectivity index (χ1v) is 11.6. The first-order valence-electron chi connectivity index (χ1n) is 11.6. The molecule has 2 aromatic carbocycles. The van der Waals surface area contributed by atoms with Crippen LogP contribution in [-0.2, 0) is 26.6 Å². The van der Waals surface area contributed by atoms with Gasteiger partial charge in [-0.15, -0.1) is 0 Å². The molecule has 8 heteroatoms. The fraction of sp³-hybridized carbons (Fsp3) is 0.346. The number of methoxy groups -OCH3 is 1. The first kappa shape index (κ1) is 22.0. The predicted octanol–water partition coefficient (Wildman–Crippen LogP) is 3.33. The lowest BCUT2D eigenvalue weighted by atomic mass is 10.1. The maximum atomic E-state index is 13.6. The molecule has 0 unspecified atom stereocenters. The van der Waals surface area contributed by atoms with E-state index in [4.69, 9.17) is 9.72 Å². The quantitative estimate of drug-likeness (QED) is 0.442. The van der Waals surface area contributed by atoms with Crippen molar-refractivity contribution in [3.63, 3.8) is 0 Å². The Balaban J connectivity index is 1.56. The summed E-state index contributed by atoms with van der Waals surface area (Å²) in [5.41, 5.74) is 2.48. The Kier molecular flexibility index (Phi) is 5.73. The molecule has 0 aliphatic carbocycles. The average Bonchev–Trinajstić information content (AvgIpc) is 3.24. The number of benzene rings is 2. The molecule has 0 N–H and O–H groups in total. The minimum absolute atomic E-state index is 0.270. The molecular weight excluding hydrogens is 430 g/mol. The summed E-state index contributed by atoms with van der Waals surface area (Å²) in [6.07, 6.45) is 1.52. The number of aryl methyl sites for hydroxylation is 2. The van der Waals surface area contributed by atoms with E-state index in [1.165, 1.54) is 14.7 Å². The van der Waals surface area contributed by atoms with Gasteiger partial charge in [-0.2, -0.15) is 4.98 Å². The summed E-state index contributed by atoms with van der Waals surface area (Å²) in [5, 5.41) is 0. The molecule has 2 aromatic heterocycles. The standard InChI is InChI=1S/C26H29N5O3/c1-18-16-30(20-11-13-21(34-3)14-12-20)25-27-23-22(31(25)17-18)24(32)29(26(33)28(23)2)15-7-10-19-8-5-4-6-9-19/h4-6,8-9,11-14,18H,7,10,15-17H2,1-3H3/t18-/m1/s1. The highest BCUT2D eigenvalue weighted by molar-refractivity contribution is 5.77. The minimum Gasteiger partial charge on any atom is -0.497 e. The van der Waals surface area contributed by atoms with Gasteiger partial charge >= 0.3 is 5.69 Å². The zero-order chi connectivity index (χ0) is 23.8. The number of imidazole rings is 1. The second kappa shape index (κ2) is 8.85. The molecule has 1 atom stereocenters. The Morgan fingerprint density at radius 1 is 1.03 bits per heavy atom. The molecule has 0 spiro atoms. The smallest absolute Gasteiger partial charge is 0.332 e. The molecule has 0 saturated carbocycles. The third kappa shape index (κ3) is 3.79. The number of aromatic nitrogens is 4. The largest absolute Gasteiger partial charge is 0.497 e. The van der Waals surface area contributed by atoms with Gasteiger partial charge in [-0.25, -0.2) is 4.79 Å². The molecule has 0 bridgehead atoms. The summed E-state index contributed by atoms with van der Waals surface area (Å²) in [6, 6.07) is 17.9. The average molecular weight is 460 g/mol. The van der Waals surface area contributed by atoms with Crippen LogP contribution in [0.4, 0.5) is 11.6 Å². The lowest BCUT2D eigenvalue weighted by molar-refractivity contribution is 0.414. The van der Waals surface area contributed by atoms with E-state index in [-0.39, 0.29) is 11.2 Å².